The van der Waals surface area contributed by atoms with E-state index in [4.69, 9.17) is 0 Å². The van der Waals surface area contributed by atoms with Crippen LogP contribution in [0.1, 0.15) is 38.2 Å². The third kappa shape index (κ3) is 2.44. The third-order valence-corrected chi connectivity index (χ3v) is 5.25. The van der Waals surface area contributed by atoms with Gasteiger partial charge in [-0.05, 0) is 17.4 Å². The van der Waals surface area contributed by atoms with E-state index in [1.54, 1.807) is 0 Å². The first-order valence-corrected chi connectivity index (χ1v) is 8.60. The largest absolute Gasteiger partial charge is 0.364 e. The van der Waals surface area contributed by atoms with Crippen LogP contribution >= 0.6 is 0 Å². The molecule has 1 N–H and O–H groups in total. The predicted octanol–water partition coefficient (Wildman–Crippen LogP) is 2.78. The number of ketones is 1. The maximum Gasteiger partial charge on any atom is 0.298 e. The van der Waals surface area contributed by atoms with Gasteiger partial charge in [-0.3, -0.25) is 14.9 Å². The molecular weight excluding hydrogens is 318 g/mol. The number of hydrogen-bond donors (Lipinski definition) is 1. The molecule has 0 amide bonds. The van der Waals surface area contributed by atoms with Crippen molar-refractivity contribution in [2.45, 2.75) is 32.6 Å². The second-order valence-corrected chi connectivity index (χ2v) is 7.71. The van der Waals surface area contributed by atoms with Crippen LogP contribution in [-0.2, 0) is 4.79 Å². The van der Waals surface area contributed by atoms with Gasteiger partial charge in [0.05, 0.1) is 4.92 Å². The minimum atomic E-state index is -0.605. The lowest BCUT2D eigenvalue weighted by atomic mass is 9.69. The van der Waals surface area contributed by atoms with Gasteiger partial charge < -0.3 is 10.2 Å². The van der Waals surface area contributed by atoms with Crippen molar-refractivity contribution in [1.29, 1.82) is 0 Å². The van der Waals surface area contributed by atoms with Crippen molar-refractivity contribution in [1.82, 2.24) is 10.2 Å². The molecule has 0 spiro atoms. The smallest absolute Gasteiger partial charge is 0.298 e. The molecular formula is C19H21N3O3. The molecule has 2 aliphatic heterocycles. The lowest BCUT2D eigenvalue weighted by molar-refractivity contribution is -0.432. The van der Waals surface area contributed by atoms with Gasteiger partial charge in [0, 0.05) is 30.8 Å². The van der Waals surface area contributed by atoms with Crippen molar-refractivity contribution < 1.29 is 9.72 Å². The molecule has 0 saturated carbocycles. The minimum Gasteiger partial charge on any atom is -0.364 e. The molecule has 1 saturated heterocycles. The van der Waals surface area contributed by atoms with Crippen LogP contribution in [0.2, 0.25) is 0 Å². The number of benzene rings is 1. The summed E-state index contributed by atoms with van der Waals surface area (Å²) in [5.74, 6) is -0.0137. The maximum absolute atomic E-state index is 13.0. The fraction of sp³-hybridized carbons (Fsp3) is 0.421. The highest BCUT2D eigenvalue weighted by atomic mass is 16.6. The maximum atomic E-state index is 13.0. The van der Waals surface area contributed by atoms with Gasteiger partial charge >= 0.3 is 0 Å². The number of fused-ring (bicyclic) bond motifs is 2. The highest BCUT2D eigenvalue weighted by molar-refractivity contribution is 6.00. The molecule has 0 bridgehead atoms. The normalized spacial score (nSPS) is 24.8. The van der Waals surface area contributed by atoms with Gasteiger partial charge in [0.15, 0.2) is 11.6 Å². The fourth-order valence-corrected chi connectivity index (χ4v) is 4.30. The number of allylic oxidation sites excluding steroid dienone is 2. The van der Waals surface area contributed by atoms with E-state index in [1.165, 1.54) is 0 Å². The van der Waals surface area contributed by atoms with Crippen LogP contribution in [0.5, 0.6) is 0 Å². The molecule has 1 unspecified atom stereocenters. The molecule has 4 rings (SSSR count). The lowest BCUT2D eigenvalue weighted by Gasteiger charge is -2.41. The summed E-state index contributed by atoms with van der Waals surface area (Å²) in [7, 11) is 0. The number of nitro groups is 1. The first-order chi connectivity index (χ1) is 11.9. The molecule has 1 fully saturated rings. The number of hydrogen-bond acceptors (Lipinski definition) is 5. The fourth-order valence-electron chi connectivity index (χ4n) is 4.30. The van der Waals surface area contributed by atoms with E-state index >= 15 is 0 Å². The second-order valence-electron chi connectivity index (χ2n) is 7.71. The number of carbonyl (C=O) groups is 1. The van der Waals surface area contributed by atoms with Crippen LogP contribution in [0.3, 0.4) is 0 Å². The summed E-state index contributed by atoms with van der Waals surface area (Å²) >= 11 is 0. The number of nitrogens with zero attached hydrogens (tertiary/aromatic N) is 2. The monoisotopic (exact) mass is 339 g/mol. The van der Waals surface area contributed by atoms with E-state index in [9.17, 15) is 14.9 Å². The molecule has 6 nitrogen and oxygen atoms in total. The van der Waals surface area contributed by atoms with Gasteiger partial charge in [0.2, 0.25) is 0 Å². The minimum absolute atomic E-state index is 0.0328. The average Bonchev–Trinajstić information content (AvgIpc) is 3.02. The van der Waals surface area contributed by atoms with Crippen LogP contribution < -0.4 is 5.32 Å². The van der Waals surface area contributed by atoms with Crippen LogP contribution in [0.15, 0.2) is 53.1 Å². The Morgan fingerprint density at radius 1 is 1.24 bits per heavy atom. The summed E-state index contributed by atoms with van der Waals surface area (Å²) in [6.07, 6.45) is 1.18. The van der Waals surface area contributed by atoms with Crippen molar-refractivity contribution in [2.24, 2.45) is 5.41 Å². The van der Waals surface area contributed by atoms with E-state index in [2.05, 4.69) is 19.2 Å². The number of nitrogens with one attached hydrogen (secondary N) is 1. The van der Waals surface area contributed by atoms with Crippen molar-refractivity contribution in [3.63, 3.8) is 0 Å². The molecule has 1 aromatic rings. The Labute approximate surface area is 146 Å². The summed E-state index contributed by atoms with van der Waals surface area (Å²) in [6, 6.07) is 9.35. The Morgan fingerprint density at radius 3 is 2.64 bits per heavy atom. The lowest BCUT2D eigenvalue weighted by Crippen LogP contribution is -2.40. The van der Waals surface area contributed by atoms with Gasteiger partial charge in [0.1, 0.15) is 5.92 Å². The van der Waals surface area contributed by atoms with Crippen molar-refractivity contribution in [3.05, 3.63) is 68.8 Å². The highest BCUT2D eigenvalue weighted by Gasteiger charge is 2.49. The zero-order valence-corrected chi connectivity index (χ0v) is 14.4. The molecule has 130 valence electrons. The van der Waals surface area contributed by atoms with Gasteiger partial charge in [-0.15, -0.1) is 0 Å². The first-order valence-electron chi connectivity index (χ1n) is 8.60. The van der Waals surface area contributed by atoms with E-state index in [1.807, 2.05) is 35.2 Å². The van der Waals surface area contributed by atoms with Gasteiger partial charge in [-0.2, -0.15) is 0 Å². The summed E-state index contributed by atoms with van der Waals surface area (Å²) in [5.41, 5.74) is 2.34. The highest BCUT2D eigenvalue weighted by Crippen LogP contribution is 2.50. The molecule has 1 aliphatic carbocycles. The van der Waals surface area contributed by atoms with E-state index in [0.29, 0.717) is 30.9 Å². The van der Waals surface area contributed by atoms with Crippen molar-refractivity contribution in [2.75, 3.05) is 13.1 Å². The zero-order valence-electron chi connectivity index (χ0n) is 14.4. The van der Waals surface area contributed by atoms with E-state index < -0.39 is 5.92 Å². The SMILES string of the molecule is CC1(C)CC(=O)C2=C(C1)N1CCNC1=C([N+](=O)[O-])C2c1ccccc1. The van der Waals surface area contributed by atoms with Crippen LogP contribution in [0.25, 0.3) is 0 Å². The van der Waals surface area contributed by atoms with Gasteiger partial charge in [0.25, 0.3) is 5.70 Å². The molecule has 1 aromatic carbocycles. The van der Waals surface area contributed by atoms with Crippen molar-refractivity contribution in [3.8, 4) is 0 Å². The number of rotatable bonds is 2. The number of carbonyl (C=O) groups excluding carboxylic acids is 1. The summed E-state index contributed by atoms with van der Waals surface area (Å²) in [6.45, 7) is 5.49. The van der Waals surface area contributed by atoms with Crippen molar-refractivity contribution >= 4 is 5.78 Å². The Hall–Kier alpha value is -2.63. The van der Waals surface area contributed by atoms with Gasteiger partial charge in [-0.1, -0.05) is 44.2 Å². The molecule has 3 aliphatic rings. The molecule has 0 aromatic heterocycles. The molecule has 1 atom stereocenters. The quantitative estimate of drug-likeness (QED) is 0.662. The molecule has 0 radical (unpaired) electrons. The zero-order chi connectivity index (χ0) is 17.8. The molecule has 6 heteroatoms. The summed E-state index contributed by atoms with van der Waals surface area (Å²) in [4.78, 5) is 26.6. The Morgan fingerprint density at radius 2 is 1.96 bits per heavy atom. The van der Waals surface area contributed by atoms with Crippen LogP contribution in [0, 0.1) is 15.5 Å². The van der Waals surface area contributed by atoms with Crippen LogP contribution in [-0.4, -0.2) is 28.7 Å². The Balaban J connectivity index is 1.97. The second kappa shape index (κ2) is 5.44. The van der Waals surface area contributed by atoms with Crippen LogP contribution in [0.4, 0.5) is 0 Å². The standard InChI is InChI=1S/C19H21N3O3/c1-19(2)10-13-16(14(23)11-19)15(12-6-4-3-5-7-12)17(22(24)25)18-20-8-9-21(13)18/h3-7,15,20H,8-11H2,1-2H3. The summed E-state index contributed by atoms with van der Waals surface area (Å²) in [5, 5.41) is 15.1. The van der Waals surface area contributed by atoms with E-state index in [0.717, 1.165) is 17.7 Å². The predicted molar refractivity (Wildman–Crippen MR) is 93.0 cm³/mol. The Kier molecular flexibility index (Phi) is 3.45. The average molecular weight is 339 g/mol. The molecule has 25 heavy (non-hydrogen) atoms. The number of Topliss-reactive ketones (excluding diaryl/α,β-unsaturated/α-hetero) is 1. The van der Waals surface area contributed by atoms with Gasteiger partial charge in [-0.25, -0.2) is 0 Å². The Bertz CT molecular complexity index is 824. The third-order valence-electron chi connectivity index (χ3n) is 5.25. The summed E-state index contributed by atoms with van der Waals surface area (Å²) < 4.78 is 0. The molecule has 2 heterocycles. The topological polar surface area (TPSA) is 75.5 Å². The first kappa shape index (κ1) is 15.9. The van der Waals surface area contributed by atoms with E-state index in [-0.39, 0.29) is 21.8 Å².